The highest BCUT2D eigenvalue weighted by Gasteiger charge is 2.31. The van der Waals surface area contributed by atoms with E-state index in [4.69, 9.17) is 7.85 Å². The van der Waals surface area contributed by atoms with Crippen LogP contribution in [0.4, 0.5) is 13.2 Å². The van der Waals surface area contributed by atoms with E-state index in [1.54, 1.807) is 0 Å². The molecule has 0 N–H and O–H groups in total. The van der Waals surface area contributed by atoms with Crippen molar-refractivity contribution in [3.05, 3.63) is 29.3 Å². The fourth-order valence-electron chi connectivity index (χ4n) is 0.945. The van der Waals surface area contributed by atoms with Crippen LogP contribution >= 0.6 is 0 Å². The zero-order chi connectivity index (χ0) is 13.4. The first-order valence-corrected chi connectivity index (χ1v) is 5.34. The lowest BCUT2D eigenvalue weighted by Gasteiger charge is -2.10. The third-order valence-electron chi connectivity index (χ3n) is 1.57. The van der Waals surface area contributed by atoms with Gasteiger partial charge in [-0.1, -0.05) is 51.4 Å². The molecule has 1 aromatic carbocycles. The summed E-state index contributed by atoms with van der Waals surface area (Å²) >= 11 is 0. The summed E-state index contributed by atoms with van der Waals surface area (Å²) in [6.45, 7) is 9.41. The molecular weight excluding hydrogens is 212 g/mol. The van der Waals surface area contributed by atoms with Crippen LogP contribution in [0.15, 0.2) is 18.2 Å². The first-order valence-electron chi connectivity index (χ1n) is 5.34. The molecule has 0 saturated carbocycles. The minimum absolute atomic E-state index is 0.132. The predicted octanol–water partition coefficient (Wildman–Crippen LogP) is 3.86. The third kappa shape index (κ3) is 5.84. The summed E-state index contributed by atoms with van der Waals surface area (Å²) in [4.78, 5) is 0. The van der Waals surface area contributed by atoms with Crippen LogP contribution in [0.25, 0.3) is 0 Å². The summed E-state index contributed by atoms with van der Waals surface area (Å²) in [5.41, 5.74) is -0.341. The Hall–Kier alpha value is -0.925. The van der Waals surface area contributed by atoms with Gasteiger partial charge in [0.05, 0.1) is 5.56 Å². The highest BCUT2D eigenvalue weighted by Crippen LogP contribution is 2.30. The fraction of sp³-hybridized carbons (Fsp3) is 0.500. The Labute approximate surface area is 97.3 Å². The van der Waals surface area contributed by atoms with Crippen LogP contribution in [0.5, 0.6) is 0 Å². The van der Waals surface area contributed by atoms with Crippen molar-refractivity contribution in [2.75, 3.05) is 0 Å². The Morgan fingerprint density at radius 3 is 1.75 bits per heavy atom. The predicted molar refractivity (Wildman–Crippen MR) is 64.3 cm³/mol. The molecular formula is C12H18BF3. The smallest absolute Gasteiger partial charge is 0.166 e. The molecule has 16 heavy (non-hydrogen) atoms. The van der Waals surface area contributed by atoms with Crippen molar-refractivity contribution in [1.29, 1.82) is 0 Å². The van der Waals surface area contributed by atoms with E-state index in [1.807, 2.05) is 27.7 Å². The van der Waals surface area contributed by atoms with Gasteiger partial charge in [-0.15, -0.1) is 0 Å². The van der Waals surface area contributed by atoms with Gasteiger partial charge in [0, 0.05) is 0 Å². The molecule has 0 amide bonds. The van der Waals surface area contributed by atoms with Gasteiger partial charge in [0.25, 0.3) is 0 Å². The number of halogens is 3. The molecule has 0 nitrogen and oxygen atoms in total. The normalized spacial score (nSPS) is 9.50. The molecule has 0 saturated heterocycles. The minimum atomic E-state index is -4.31. The van der Waals surface area contributed by atoms with Crippen LogP contribution < -0.4 is 5.46 Å². The first-order chi connectivity index (χ1) is 7.41. The maximum atomic E-state index is 12.2. The zero-order valence-corrected chi connectivity index (χ0v) is 10.4. The second-order valence-electron chi connectivity index (χ2n) is 2.57. The van der Waals surface area contributed by atoms with Crippen molar-refractivity contribution in [3.63, 3.8) is 0 Å². The Bertz CT molecular complexity index is 293. The van der Waals surface area contributed by atoms with Crippen molar-refractivity contribution in [2.45, 2.75) is 40.8 Å². The van der Waals surface area contributed by atoms with Crippen molar-refractivity contribution < 1.29 is 13.2 Å². The second kappa shape index (κ2) is 8.25. The summed E-state index contributed by atoms with van der Waals surface area (Å²) in [5.74, 6) is 0. The average Bonchev–Trinajstić information content (AvgIpc) is 2.26. The Balaban J connectivity index is 0. The highest BCUT2D eigenvalue weighted by atomic mass is 19.4. The van der Waals surface area contributed by atoms with Crippen molar-refractivity contribution in [1.82, 2.24) is 0 Å². The average molecular weight is 230 g/mol. The number of aryl methyl sites for hydroxylation is 1. The number of hydrogen-bond donors (Lipinski definition) is 0. The molecule has 0 heterocycles. The van der Waals surface area contributed by atoms with Crippen LogP contribution in [0.2, 0.25) is 0 Å². The van der Waals surface area contributed by atoms with Crippen LogP contribution in [-0.4, -0.2) is 7.85 Å². The molecule has 0 aliphatic heterocycles. The van der Waals surface area contributed by atoms with Crippen molar-refractivity contribution in [3.8, 4) is 0 Å². The maximum absolute atomic E-state index is 12.2. The van der Waals surface area contributed by atoms with Crippen LogP contribution in [0, 0.1) is 6.92 Å². The van der Waals surface area contributed by atoms with E-state index >= 15 is 0 Å². The fourth-order valence-corrected chi connectivity index (χ4v) is 0.945. The van der Waals surface area contributed by atoms with E-state index in [1.165, 1.54) is 19.1 Å². The molecule has 0 atom stereocenters. The summed E-state index contributed by atoms with van der Waals surface area (Å²) in [6, 6.07) is 3.75. The minimum Gasteiger partial charge on any atom is -0.166 e. The molecule has 0 aliphatic carbocycles. The molecule has 1 rings (SSSR count). The first kappa shape index (κ1) is 17.5. The summed E-state index contributed by atoms with van der Waals surface area (Å²) in [7, 11) is 5.22. The standard InChI is InChI=1S/C8H6BF3.2C2H6/c1-5-2-3-6(9)4-7(5)8(10,11)12;2*1-2/h2-4H,1H3;2*1-2H3. The van der Waals surface area contributed by atoms with Crippen LogP contribution in [-0.2, 0) is 6.18 Å². The second-order valence-corrected chi connectivity index (χ2v) is 2.57. The van der Waals surface area contributed by atoms with E-state index in [0.717, 1.165) is 6.07 Å². The van der Waals surface area contributed by atoms with E-state index in [2.05, 4.69) is 0 Å². The van der Waals surface area contributed by atoms with E-state index in [9.17, 15) is 13.2 Å². The molecule has 0 bridgehead atoms. The number of benzene rings is 1. The van der Waals surface area contributed by atoms with E-state index in [-0.39, 0.29) is 11.0 Å². The molecule has 4 heteroatoms. The molecule has 0 unspecified atom stereocenters. The van der Waals surface area contributed by atoms with Gasteiger partial charge < -0.3 is 0 Å². The maximum Gasteiger partial charge on any atom is 0.416 e. The zero-order valence-electron chi connectivity index (χ0n) is 10.4. The lowest BCUT2D eigenvalue weighted by Crippen LogP contribution is -2.12. The van der Waals surface area contributed by atoms with Gasteiger partial charge in [0.1, 0.15) is 7.85 Å². The lowest BCUT2D eigenvalue weighted by molar-refractivity contribution is -0.138. The number of rotatable bonds is 0. The van der Waals surface area contributed by atoms with Gasteiger partial charge in [0.2, 0.25) is 0 Å². The van der Waals surface area contributed by atoms with Gasteiger partial charge in [-0.2, -0.15) is 13.2 Å². The summed E-state index contributed by atoms with van der Waals surface area (Å²) < 4.78 is 36.5. The highest BCUT2D eigenvalue weighted by molar-refractivity contribution is 6.32. The van der Waals surface area contributed by atoms with Gasteiger partial charge in [-0.25, -0.2) is 0 Å². The Kier molecular flexibility index (Phi) is 9.01. The van der Waals surface area contributed by atoms with Crippen LogP contribution in [0.1, 0.15) is 38.8 Å². The lowest BCUT2D eigenvalue weighted by atomic mass is 9.92. The Morgan fingerprint density at radius 1 is 1.00 bits per heavy atom. The Morgan fingerprint density at radius 2 is 1.44 bits per heavy atom. The monoisotopic (exact) mass is 230 g/mol. The molecule has 90 valence electrons. The van der Waals surface area contributed by atoms with E-state index in [0.29, 0.717) is 0 Å². The van der Waals surface area contributed by atoms with Gasteiger partial charge in [0.15, 0.2) is 0 Å². The van der Waals surface area contributed by atoms with Gasteiger partial charge in [-0.3, -0.25) is 0 Å². The largest absolute Gasteiger partial charge is 0.416 e. The van der Waals surface area contributed by atoms with Crippen molar-refractivity contribution in [2.24, 2.45) is 0 Å². The molecule has 0 fully saturated rings. The molecule has 1 aromatic rings. The topological polar surface area (TPSA) is 0 Å². The summed E-state index contributed by atoms with van der Waals surface area (Å²) in [6.07, 6.45) is -4.31. The molecule has 0 spiro atoms. The van der Waals surface area contributed by atoms with Gasteiger partial charge in [-0.05, 0) is 12.5 Å². The van der Waals surface area contributed by atoms with E-state index < -0.39 is 11.7 Å². The number of alkyl halides is 3. The molecule has 0 aliphatic rings. The van der Waals surface area contributed by atoms with Crippen LogP contribution in [0.3, 0.4) is 0 Å². The SMILES string of the molecule is CC.CC.[B]c1ccc(C)c(C(F)(F)F)c1. The summed E-state index contributed by atoms with van der Waals surface area (Å²) in [5, 5.41) is 0. The van der Waals surface area contributed by atoms with Gasteiger partial charge >= 0.3 is 6.18 Å². The van der Waals surface area contributed by atoms with Crippen molar-refractivity contribution >= 4 is 13.3 Å². The third-order valence-corrected chi connectivity index (χ3v) is 1.57. The molecule has 2 radical (unpaired) electrons. The number of hydrogen-bond acceptors (Lipinski definition) is 0. The quantitative estimate of drug-likeness (QED) is 0.593. The molecule has 0 aromatic heterocycles.